The van der Waals surface area contributed by atoms with Gasteiger partial charge in [-0.3, -0.25) is 0 Å². The van der Waals surface area contributed by atoms with Gasteiger partial charge in [0.25, 0.3) is 0 Å². The van der Waals surface area contributed by atoms with Gasteiger partial charge in [0.15, 0.2) is 0 Å². The molecule has 0 amide bonds. The van der Waals surface area contributed by atoms with Gasteiger partial charge in [0.2, 0.25) is 0 Å². The second-order valence-electron chi connectivity index (χ2n) is 5.36. The van der Waals surface area contributed by atoms with Crippen LogP contribution in [0.5, 0.6) is 0 Å². The Labute approximate surface area is 119 Å². The summed E-state index contributed by atoms with van der Waals surface area (Å²) in [7, 11) is 0. The van der Waals surface area contributed by atoms with E-state index < -0.39 is 11.9 Å². The average molecular weight is 296 g/mol. The number of hydrogen-bond donors (Lipinski definition) is 2. The Bertz CT molecular complexity index is 373. The third-order valence-electron chi connectivity index (χ3n) is 2.92. The molecule has 0 spiro atoms. The van der Waals surface area contributed by atoms with Crippen LogP contribution < -0.4 is 5.73 Å². The molecule has 18 heavy (non-hydrogen) atoms. The van der Waals surface area contributed by atoms with Crippen molar-refractivity contribution in [2.45, 2.75) is 39.3 Å². The molecule has 2 nitrogen and oxygen atoms in total. The molecule has 0 aliphatic rings. The molecular formula is C13H20Cl2FNO. The predicted octanol–water partition coefficient (Wildman–Crippen LogP) is 3.70. The van der Waals surface area contributed by atoms with Crippen molar-refractivity contribution >= 4 is 24.0 Å². The van der Waals surface area contributed by atoms with E-state index in [1.165, 1.54) is 12.1 Å². The van der Waals surface area contributed by atoms with E-state index in [2.05, 4.69) is 0 Å². The van der Waals surface area contributed by atoms with Crippen molar-refractivity contribution in [3.8, 4) is 0 Å². The number of rotatable bonds is 3. The third kappa shape index (κ3) is 4.39. The summed E-state index contributed by atoms with van der Waals surface area (Å²) in [5, 5.41) is 10.2. The average Bonchev–Trinajstić information content (AvgIpc) is 2.15. The highest BCUT2D eigenvalue weighted by Gasteiger charge is 2.26. The van der Waals surface area contributed by atoms with Crippen LogP contribution in [0.2, 0.25) is 5.02 Å². The first-order valence-corrected chi connectivity index (χ1v) is 5.99. The fraction of sp³-hybridized carbons (Fsp3) is 0.538. The van der Waals surface area contributed by atoms with Gasteiger partial charge in [0.05, 0.1) is 6.10 Å². The first-order chi connectivity index (χ1) is 7.73. The lowest BCUT2D eigenvalue weighted by Crippen LogP contribution is -2.36. The SMILES string of the molecule is CC(C)(C)[C@H](N)C[C@@H](O)c1c(F)cccc1Cl.Cl. The highest BCUT2D eigenvalue weighted by Crippen LogP contribution is 2.31. The minimum Gasteiger partial charge on any atom is -0.388 e. The molecule has 0 aromatic heterocycles. The Morgan fingerprint density at radius 1 is 1.39 bits per heavy atom. The smallest absolute Gasteiger partial charge is 0.130 e. The molecule has 1 aromatic carbocycles. The normalized spacial score (nSPS) is 14.8. The van der Waals surface area contributed by atoms with Crippen molar-refractivity contribution in [2.75, 3.05) is 0 Å². The summed E-state index contributed by atoms with van der Waals surface area (Å²) < 4.78 is 13.6. The van der Waals surface area contributed by atoms with Crippen molar-refractivity contribution in [2.24, 2.45) is 11.1 Å². The minimum atomic E-state index is -0.974. The zero-order valence-electron chi connectivity index (χ0n) is 10.8. The summed E-state index contributed by atoms with van der Waals surface area (Å²) in [5.41, 5.74) is 5.96. The summed E-state index contributed by atoms with van der Waals surface area (Å²) in [6.45, 7) is 5.94. The largest absolute Gasteiger partial charge is 0.388 e. The van der Waals surface area contributed by atoms with Gasteiger partial charge in [0, 0.05) is 16.6 Å². The number of aliphatic hydroxyl groups is 1. The molecule has 0 bridgehead atoms. The third-order valence-corrected chi connectivity index (χ3v) is 3.25. The van der Waals surface area contributed by atoms with Crippen molar-refractivity contribution in [3.05, 3.63) is 34.6 Å². The molecule has 5 heteroatoms. The Morgan fingerprint density at radius 2 is 1.94 bits per heavy atom. The van der Waals surface area contributed by atoms with Crippen LogP contribution in [-0.4, -0.2) is 11.1 Å². The molecule has 104 valence electrons. The second-order valence-corrected chi connectivity index (χ2v) is 5.77. The molecule has 2 atom stereocenters. The molecule has 0 aliphatic carbocycles. The minimum absolute atomic E-state index is 0. The van der Waals surface area contributed by atoms with Gasteiger partial charge in [-0.1, -0.05) is 38.4 Å². The standard InChI is InChI=1S/C13H19ClFNO.ClH/c1-13(2,3)11(16)7-10(17)12-8(14)5-4-6-9(12)15;/h4-6,10-11,17H,7,16H2,1-3H3;1H/t10-,11-;/m1./s1. The van der Waals surface area contributed by atoms with Crippen LogP contribution in [0.15, 0.2) is 18.2 Å². The number of aliphatic hydroxyl groups excluding tert-OH is 1. The van der Waals surface area contributed by atoms with E-state index in [1.54, 1.807) is 6.07 Å². The summed E-state index contributed by atoms with van der Waals surface area (Å²) >= 11 is 5.88. The molecule has 3 N–H and O–H groups in total. The zero-order chi connectivity index (χ0) is 13.2. The maximum atomic E-state index is 13.6. The van der Waals surface area contributed by atoms with Gasteiger partial charge in [-0.2, -0.15) is 0 Å². The van der Waals surface area contributed by atoms with E-state index in [0.717, 1.165) is 0 Å². The Balaban J connectivity index is 0.00000289. The first kappa shape index (κ1) is 17.6. The monoisotopic (exact) mass is 295 g/mol. The molecular weight excluding hydrogens is 276 g/mol. The lowest BCUT2D eigenvalue weighted by atomic mass is 9.83. The van der Waals surface area contributed by atoms with Gasteiger partial charge >= 0.3 is 0 Å². The zero-order valence-corrected chi connectivity index (χ0v) is 12.4. The predicted molar refractivity (Wildman–Crippen MR) is 75.7 cm³/mol. The molecule has 0 saturated carbocycles. The van der Waals surface area contributed by atoms with Crippen molar-refractivity contribution < 1.29 is 9.50 Å². The molecule has 0 unspecified atom stereocenters. The second kappa shape index (κ2) is 6.71. The van der Waals surface area contributed by atoms with Gasteiger partial charge in [-0.25, -0.2) is 4.39 Å². The number of halogens is 3. The summed E-state index contributed by atoms with van der Waals surface area (Å²) in [6.07, 6.45) is -0.692. The molecule has 1 aromatic rings. The van der Waals surface area contributed by atoms with E-state index in [4.69, 9.17) is 17.3 Å². The summed E-state index contributed by atoms with van der Waals surface area (Å²) in [6, 6.07) is 4.13. The van der Waals surface area contributed by atoms with Gasteiger partial charge < -0.3 is 10.8 Å². The van der Waals surface area contributed by atoms with Gasteiger partial charge in [-0.05, 0) is 24.0 Å². The Kier molecular flexibility index (Phi) is 6.58. The summed E-state index contributed by atoms with van der Waals surface area (Å²) in [5.74, 6) is -0.494. The summed E-state index contributed by atoms with van der Waals surface area (Å²) in [4.78, 5) is 0. The highest BCUT2D eigenvalue weighted by molar-refractivity contribution is 6.31. The first-order valence-electron chi connectivity index (χ1n) is 5.61. The van der Waals surface area contributed by atoms with Crippen LogP contribution in [0.1, 0.15) is 38.9 Å². The molecule has 0 fully saturated rings. The van der Waals surface area contributed by atoms with E-state index >= 15 is 0 Å². The van der Waals surface area contributed by atoms with Crippen LogP contribution >= 0.6 is 24.0 Å². The van der Waals surface area contributed by atoms with Crippen LogP contribution in [0.3, 0.4) is 0 Å². The van der Waals surface area contributed by atoms with Crippen LogP contribution in [0, 0.1) is 11.2 Å². The molecule has 0 heterocycles. The Hall–Kier alpha value is -0.350. The van der Waals surface area contributed by atoms with Crippen molar-refractivity contribution in [1.29, 1.82) is 0 Å². The lowest BCUT2D eigenvalue weighted by Gasteiger charge is -2.29. The maximum absolute atomic E-state index is 13.6. The fourth-order valence-corrected chi connectivity index (χ4v) is 1.83. The number of hydrogen-bond acceptors (Lipinski definition) is 2. The van der Waals surface area contributed by atoms with Crippen LogP contribution in [0.4, 0.5) is 4.39 Å². The Morgan fingerprint density at radius 3 is 2.39 bits per heavy atom. The van der Waals surface area contributed by atoms with Gasteiger partial charge in [-0.15, -0.1) is 12.4 Å². The topological polar surface area (TPSA) is 46.2 Å². The van der Waals surface area contributed by atoms with Gasteiger partial charge in [0.1, 0.15) is 5.82 Å². The molecule has 0 aliphatic heterocycles. The highest BCUT2D eigenvalue weighted by atomic mass is 35.5. The van der Waals surface area contributed by atoms with Crippen molar-refractivity contribution in [1.82, 2.24) is 0 Å². The lowest BCUT2D eigenvalue weighted by molar-refractivity contribution is 0.130. The number of nitrogens with two attached hydrogens (primary N) is 1. The maximum Gasteiger partial charge on any atom is 0.130 e. The van der Waals surface area contributed by atoms with Crippen LogP contribution in [0.25, 0.3) is 0 Å². The van der Waals surface area contributed by atoms with E-state index in [0.29, 0.717) is 0 Å². The van der Waals surface area contributed by atoms with E-state index in [1.807, 2.05) is 20.8 Å². The van der Waals surface area contributed by atoms with Crippen LogP contribution in [-0.2, 0) is 0 Å². The number of benzene rings is 1. The fourth-order valence-electron chi connectivity index (χ4n) is 1.54. The molecule has 0 saturated heterocycles. The molecule has 1 rings (SSSR count). The van der Waals surface area contributed by atoms with Crippen molar-refractivity contribution in [3.63, 3.8) is 0 Å². The quantitative estimate of drug-likeness (QED) is 0.893. The van der Waals surface area contributed by atoms with E-state index in [-0.39, 0.29) is 40.9 Å². The molecule has 0 radical (unpaired) electrons. The van der Waals surface area contributed by atoms with E-state index in [9.17, 15) is 9.50 Å².